The molecule has 3 aliphatic rings. The van der Waals surface area contributed by atoms with Crippen LogP contribution in [0.3, 0.4) is 0 Å². The number of rotatable bonds is 6. The van der Waals surface area contributed by atoms with E-state index in [1.165, 1.54) is 25.3 Å². The summed E-state index contributed by atoms with van der Waals surface area (Å²) in [5.74, 6) is 0.833. The van der Waals surface area contributed by atoms with Gasteiger partial charge in [0.25, 0.3) is 5.69 Å². The second-order valence-electron chi connectivity index (χ2n) is 8.49. The van der Waals surface area contributed by atoms with E-state index < -0.39 is 4.92 Å². The number of anilines is 1. The molecule has 0 radical (unpaired) electrons. The van der Waals surface area contributed by atoms with Gasteiger partial charge < -0.3 is 15.0 Å². The lowest BCUT2D eigenvalue weighted by molar-refractivity contribution is -0.384. The molecule has 0 bridgehead atoms. The van der Waals surface area contributed by atoms with E-state index >= 15 is 0 Å². The van der Waals surface area contributed by atoms with Crippen molar-refractivity contribution in [3.8, 4) is 5.75 Å². The molecule has 1 saturated carbocycles. The number of hydrogen-bond donors (Lipinski definition) is 1. The van der Waals surface area contributed by atoms with E-state index in [-0.39, 0.29) is 23.5 Å². The highest BCUT2D eigenvalue weighted by Gasteiger charge is 2.46. The Morgan fingerprint density at radius 2 is 2.07 bits per heavy atom. The van der Waals surface area contributed by atoms with Gasteiger partial charge in [-0.2, -0.15) is 0 Å². The summed E-state index contributed by atoms with van der Waals surface area (Å²) in [6, 6.07) is 4.48. The molecule has 3 atom stereocenters. The number of piperidine rings is 2. The summed E-state index contributed by atoms with van der Waals surface area (Å²) in [4.78, 5) is 40.1. The van der Waals surface area contributed by atoms with Crippen LogP contribution < -0.4 is 10.1 Å². The van der Waals surface area contributed by atoms with Gasteiger partial charge in [0.1, 0.15) is 5.75 Å². The fourth-order valence-electron chi connectivity index (χ4n) is 4.81. The average Bonchev–Trinajstić information content (AvgIpc) is 3.57. The molecule has 2 aliphatic heterocycles. The maximum atomic E-state index is 12.9. The van der Waals surface area contributed by atoms with Crippen LogP contribution in [0.2, 0.25) is 0 Å². The van der Waals surface area contributed by atoms with Crippen molar-refractivity contribution in [1.29, 1.82) is 0 Å². The number of non-ortho nitro benzene ring substituents is 1. The largest absolute Gasteiger partial charge is 0.495 e. The Bertz CT molecular complexity index is 856. The summed E-state index contributed by atoms with van der Waals surface area (Å²) in [7, 11) is 1.46. The minimum absolute atomic E-state index is 0.105. The lowest BCUT2D eigenvalue weighted by Crippen LogP contribution is -2.59. The Labute approximate surface area is 175 Å². The van der Waals surface area contributed by atoms with E-state index in [0.717, 1.165) is 38.8 Å². The lowest BCUT2D eigenvalue weighted by atomic mass is 9.83. The molecule has 2 heterocycles. The molecule has 0 unspecified atom stereocenters. The molecular formula is C21H28N4O5. The van der Waals surface area contributed by atoms with Crippen LogP contribution in [0.1, 0.15) is 39.0 Å². The van der Waals surface area contributed by atoms with Gasteiger partial charge in [0.05, 0.1) is 23.8 Å². The Morgan fingerprint density at radius 3 is 2.73 bits per heavy atom. The zero-order chi connectivity index (χ0) is 21.4. The van der Waals surface area contributed by atoms with Crippen LogP contribution in [0.5, 0.6) is 5.75 Å². The molecule has 4 rings (SSSR count). The minimum Gasteiger partial charge on any atom is -0.495 e. The van der Waals surface area contributed by atoms with Crippen LogP contribution in [-0.4, -0.2) is 64.9 Å². The average molecular weight is 416 g/mol. The van der Waals surface area contributed by atoms with E-state index in [4.69, 9.17) is 4.74 Å². The summed E-state index contributed by atoms with van der Waals surface area (Å²) in [6.45, 7) is 3.38. The van der Waals surface area contributed by atoms with Gasteiger partial charge in [-0.05, 0) is 44.6 Å². The predicted octanol–water partition coefficient (Wildman–Crippen LogP) is 2.41. The first kappa shape index (κ1) is 20.6. The molecule has 9 heteroatoms. The van der Waals surface area contributed by atoms with E-state index in [1.807, 2.05) is 6.92 Å². The number of benzene rings is 1. The van der Waals surface area contributed by atoms with Crippen LogP contribution in [0.15, 0.2) is 18.2 Å². The van der Waals surface area contributed by atoms with E-state index in [1.54, 1.807) is 0 Å². The molecule has 1 aliphatic carbocycles. The highest BCUT2D eigenvalue weighted by molar-refractivity contribution is 5.96. The number of methoxy groups -OCH3 is 1. The van der Waals surface area contributed by atoms with Gasteiger partial charge in [0.15, 0.2) is 0 Å². The highest BCUT2D eigenvalue weighted by atomic mass is 16.6. The van der Waals surface area contributed by atoms with Gasteiger partial charge in [0.2, 0.25) is 11.8 Å². The van der Waals surface area contributed by atoms with Gasteiger partial charge in [0, 0.05) is 43.7 Å². The molecule has 2 saturated heterocycles. The number of nitro benzene ring substituents is 1. The zero-order valence-electron chi connectivity index (χ0n) is 17.4. The summed E-state index contributed by atoms with van der Waals surface area (Å²) in [5, 5.41) is 13.9. The number of ether oxygens (including phenoxy) is 1. The van der Waals surface area contributed by atoms with Crippen molar-refractivity contribution in [3.63, 3.8) is 0 Å². The molecular weight excluding hydrogens is 388 g/mol. The second-order valence-corrected chi connectivity index (χ2v) is 8.49. The molecule has 0 aromatic heterocycles. The minimum atomic E-state index is -0.501. The van der Waals surface area contributed by atoms with Gasteiger partial charge in [-0.3, -0.25) is 24.6 Å². The van der Waals surface area contributed by atoms with Gasteiger partial charge in [-0.15, -0.1) is 0 Å². The first-order valence-corrected chi connectivity index (χ1v) is 10.6. The molecule has 1 aromatic rings. The molecule has 9 nitrogen and oxygen atoms in total. The normalized spacial score (nSPS) is 25.4. The van der Waals surface area contributed by atoms with Crippen molar-refractivity contribution in [2.24, 2.45) is 5.92 Å². The van der Waals surface area contributed by atoms with Crippen LogP contribution in [0, 0.1) is 16.0 Å². The topological polar surface area (TPSA) is 105 Å². The SMILES string of the molecule is COc1ccc([N+](=O)[O-])cc1NC(=O)[C@H](C)N1CC[C@H]2[C@H](CCC(=O)N2C2CC2)C1. The van der Waals surface area contributed by atoms with Crippen LogP contribution in [-0.2, 0) is 9.59 Å². The molecule has 3 fully saturated rings. The summed E-state index contributed by atoms with van der Waals surface area (Å²) in [6.07, 6.45) is 4.57. The Morgan fingerprint density at radius 1 is 1.30 bits per heavy atom. The fraction of sp³-hybridized carbons (Fsp3) is 0.619. The fourth-order valence-corrected chi connectivity index (χ4v) is 4.81. The molecule has 0 spiro atoms. The number of amides is 2. The summed E-state index contributed by atoms with van der Waals surface area (Å²) < 4.78 is 5.24. The van der Waals surface area contributed by atoms with Crippen LogP contribution in [0.4, 0.5) is 11.4 Å². The van der Waals surface area contributed by atoms with E-state index in [2.05, 4.69) is 15.1 Å². The molecule has 2 amide bonds. The third-order valence-corrected chi connectivity index (χ3v) is 6.62. The summed E-state index contributed by atoms with van der Waals surface area (Å²) in [5.41, 5.74) is 0.188. The smallest absolute Gasteiger partial charge is 0.271 e. The standard InChI is InChI=1S/C21H28N4O5/c1-13(21(27)22-17-11-16(25(28)29)6-7-19(17)30-2)23-10-9-18-14(12-23)3-8-20(26)24(18)15-4-5-15/h6-7,11,13-15,18H,3-5,8-10,12H2,1-2H3,(H,22,27)/t13-,14+,18-/m0/s1. The third kappa shape index (κ3) is 3.98. The van der Waals surface area contributed by atoms with Crippen molar-refractivity contribution in [3.05, 3.63) is 28.3 Å². The zero-order valence-corrected chi connectivity index (χ0v) is 17.4. The number of nitro groups is 1. The Balaban J connectivity index is 1.42. The lowest BCUT2D eigenvalue weighted by Gasteiger charge is -2.48. The van der Waals surface area contributed by atoms with Crippen molar-refractivity contribution in [1.82, 2.24) is 9.80 Å². The number of fused-ring (bicyclic) bond motifs is 1. The highest BCUT2D eigenvalue weighted by Crippen LogP contribution is 2.39. The second kappa shape index (κ2) is 8.22. The third-order valence-electron chi connectivity index (χ3n) is 6.62. The van der Waals surface area contributed by atoms with Gasteiger partial charge in [-0.1, -0.05) is 0 Å². The Kier molecular flexibility index (Phi) is 5.64. The summed E-state index contributed by atoms with van der Waals surface area (Å²) >= 11 is 0. The van der Waals surface area contributed by atoms with Crippen molar-refractivity contribution in [2.45, 2.75) is 57.2 Å². The number of likely N-dealkylation sites (tertiary alicyclic amines) is 2. The van der Waals surface area contributed by atoms with E-state index in [9.17, 15) is 19.7 Å². The van der Waals surface area contributed by atoms with Gasteiger partial charge >= 0.3 is 0 Å². The quantitative estimate of drug-likeness (QED) is 0.564. The van der Waals surface area contributed by atoms with Crippen molar-refractivity contribution in [2.75, 3.05) is 25.5 Å². The van der Waals surface area contributed by atoms with E-state index in [0.29, 0.717) is 35.9 Å². The molecule has 162 valence electrons. The van der Waals surface area contributed by atoms with Crippen molar-refractivity contribution >= 4 is 23.2 Å². The number of hydrogen-bond acceptors (Lipinski definition) is 6. The number of carbonyl (C=O) groups is 2. The first-order chi connectivity index (χ1) is 14.4. The monoisotopic (exact) mass is 416 g/mol. The van der Waals surface area contributed by atoms with Crippen molar-refractivity contribution < 1.29 is 19.2 Å². The van der Waals surface area contributed by atoms with Crippen LogP contribution >= 0.6 is 0 Å². The first-order valence-electron chi connectivity index (χ1n) is 10.6. The van der Waals surface area contributed by atoms with Gasteiger partial charge in [-0.25, -0.2) is 0 Å². The number of nitrogens with one attached hydrogen (secondary N) is 1. The molecule has 1 aromatic carbocycles. The maximum Gasteiger partial charge on any atom is 0.271 e. The number of carbonyl (C=O) groups excluding carboxylic acids is 2. The maximum absolute atomic E-state index is 12.9. The number of nitrogens with zero attached hydrogens (tertiary/aromatic N) is 3. The van der Waals surface area contributed by atoms with Crippen LogP contribution in [0.25, 0.3) is 0 Å². The predicted molar refractivity (Wildman–Crippen MR) is 110 cm³/mol. The molecule has 1 N–H and O–H groups in total. The Hall–Kier alpha value is -2.68. The molecule has 30 heavy (non-hydrogen) atoms.